The molecule has 142 valence electrons. The summed E-state index contributed by atoms with van der Waals surface area (Å²) in [6.07, 6.45) is 0. The molecule has 1 fully saturated rings. The van der Waals surface area contributed by atoms with Gasteiger partial charge in [0.15, 0.2) is 0 Å². The maximum absolute atomic E-state index is 12.5. The Morgan fingerprint density at radius 1 is 0.963 bits per heavy atom. The Morgan fingerprint density at radius 2 is 1.67 bits per heavy atom. The predicted molar refractivity (Wildman–Crippen MR) is 104 cm³/mol. The standard InChI is InChI=1S/C20H23N3O4/c1-26-18-5-3-4-17(14-18)22-10-12-23(13-11-22)20(25)21-16-8-6-15(7-9-16)19(24)27-2/h3-9,14H,10-13H2,1-2H3,(H,21,25). The number of piperazine rings is 1. The molecule has 0 radical (unpaired) electrons. The van der Waals surface area contributed by atoms with Gasteiger partial charge in [0.2, 0.25) is 0 Å². The van der Waals surface area contributed by atoms with Crippen molar-refractivity contribution in [3.05, 3.63) is 54.1 Å². The van der Waals surface area contributed by atoms with E-state index in [9.17, 15) is 9.59 Å². The van der Waals surface area contributed by atoms with Gasteiger partial charge in [0.25, 0.3) is 0 Å². The lowest BCUT2D eigenvalue weighted by Crippen LogP contribution is -2.50. The highest BCUT2D eigenvalue weighted by Crippen LogP contribution is 2.22. The first kappa shape index (κ1) is 18.6. The summed E-state index contributed by atoms with van der Waals surface area (Å²) in [5, 5.41) is 2.86. The van der Waals surface area contributed by atoms with Gasteiger partial charge in [-0.2, -0.15) is 0 Å². The maximum Gasteiger partial charge on any atom is 0.337 e. The van der Waals surface area contributed by atoms with Crippen LogP contribution in [0.2, 0.25) is 0 Å². The molecule has 0 aliphatic carbocycles. The van der Waals surface area contributed by atoms with E-state index in [0.717, 1.165) is 24.5 Å². The highest BCUT2D eigenvalue weighted by molar-refractivity contribution is 5.92. The predicted octanol–water partition coefficient (Wildman–Crippen LogP) is 2.84. The first-order chi connectivity index (χ1) is 13.1. The first-order valence-corrected chi connectivity index (χ1v) is 8.74. The van der Waals surface area contributed by atoms with Crippen molar-refractivity contribution in [1.82, 2.24) is 4.90 Å². The van der Waals surface area contributed by atoms with E-state index in [1.807, 2.05) is 24.3 Å². The molecule has 0 bridgehead atoms. The number of carbonyl (C=O) groups is 2. The minimum atomic E-state index is -0.401. The minimum Gasteiger partial charge on any atom is -0.497 e. The zero-order valence-electron chi connectivity index (χ0n) is 15.5. The molecule has 0 aromatic heterocycles. The third kappa shape index (κ3) is 4.49. The van der Waals surface area contributed by atoms with Crippen molar-refractivity contribution < 1.29 is 19.1 Å². The van der Waals surface area contributed by atoms with Gasteiger partial charge in [-0.25, -0.2) is 9.59 Å². The molecule has 2 aromatic carbocycles. The topological polar surface area (TPSA) is 71.1 Å². The van der Waals surface area contributed by atoms with Crippen LogP contribution in [0.1, 0.15) is 10.4 Å². The number of rotatable bonds is 4. The lowest BCUT2D eigenvalue weighted by atomic mass is 10.2. The van der Waals surface area contributed by atoms with E-state index in [0.29, 0.717) is 24.3 Å². The molecule has 3 rings (SSSR count). The van der Waals surface area contributed by atoms with Gasteiger partial charge in [0.05, 0.1) is 19.8 Å². The van der Waals surface area contributed by atoms with Crippen molar-refractivity contribution in [3.8, 4) is 5.75 Å². The number of nitrogens with zero attached hydrogens (tertiary/aromatic N) is 2. The average molecular weight is 369 g/mol. The molecular weight excluding hydrogens is 346 g/mol. The quantitative estimate of drug-likeness (QED) is 0.839. The van der Waals surface area contributed by atoms with Crippen LogP contribution in [-0.2, 0) is 4.74 Å². The lowest BCUT2D eigenvalue weighted by Gasteiger charge is -2.36. The van der Waals surface area contributed by atoms with Crippen molar-refractivity contribution in [2.24, 2.45) is 0 Å². The number of hydrogen-bond acceptors (Lipinski definition) is 5. The summed E-state index contributed by atoms with van der Waals surface area (Å²) < 4.78 is 9.94. The summed E-state index contributed by atoms with van der Waals surface area (Å²) >= 11 is 0. The van der Waals surface area contributed by atoms with E-state index in [1.54, 1.807) is 36.3 Å². The van der Waals surface area contributed by atoms with E-state index >= 15 is 0 Å². The smallest absolute Gasteiger partial charge is 0.337 e. The molecule has 1 aliphatic rings. The second kappa shape index (κ2) is 8.44. The first-order valence-electron chi connectivity index (χ1n) is 8.74. The normalized spacial score (nSPS) is 13.9. The van der Waals surface area contributed by atoms with Crippen LogP contribution in [0.25, 0.3) is 0 Å². The van der Waals surface area contributed by atoms with Gasteiger partial charge in [-0.15, -0.1) is 0 Å². The number of anilines is 2. The number of amides is 2. The number of urea groups is 1. The third-order valence-electron chi connectivity index (χ3n) is 4.54. The van der Waals surface area contributed by atoms with Gasteiger partial charge in [0.1, 0.15) is 5.75 Å². The Morgan fingerprint density at radius 3 is 2.30 bits per heavy atom. The van der Waals surface area contributed by atoms with Crippen molar-refractivity contribution in [1.29, 1.82) is 0 Å². The third-order valence-corrected chi connectivity index (χ3v) is 4.54. The van der Waals surface area contributed by atoms with Crippen LogP contribution in [0.3, 0.4) is 0 Å². The molecule has 1 aliphatic heterocycles. The Hall–Kier alpha value is -3.22. The molecular formula is C20H23N3O4. The Kier molecular flexibility index (Phi) is 5.80. The summed E-state index contributed by atoms with van der Waals surface area (Å²) in [4.78, 5) is 27.9. The molecule has 2 amide bonds. The van der Waals surface area contributed by atoms with Crippen molar-refractivity contribution in [2.75, 3.05) is 50.6 Å². The van der Waals surface area contributed by atoms with Crippen LogP contribution in [0.4, 0.5) is 16.2 Å². The Balaban J connectivity index is 1.54. The number of methoxy groups -OCH3 is 2. The zero-order valence-corrected chi connectivity index (χ0v) is 15.5. The summed E-state index contributed by atoms with van der Waals surface area (Å²) in [7, 11) is 2.99. The van der Waals surface area contributed by atoms with E-state index in [2.05, 4.69) is 15.0 Å². The largest absolute Gasteiger partial charge is 0.497 e. The van der Waals surface area contributed by atoms with E-state index in [4.69, 9.17) is 4.74 Å². The molecule has 0 unspecified atom stereocenters. The number of benzene rings is 2. The van der Waals surface area contributed by atoms with Crippen molar-refractivity contribution >= 4 is 23.4 Å². The summed E-state index contributed by atoms with van der Waals surface area (Å²) in [6, 6.07) is 14.4. The van der Waals surface area contributed by atoms with Gasteiger partial charge >= 0.3 is 12.0 Å². The minimum absolute atomic E-state index is 0.147. The molecule has 1 heterocycles. The molecule has 0 saturated carbocycles. The van der Waals surface area contributed by atoms with Crippen LogP contribution in [0.15, 0.2) is 48.5 Å². The zero-order chi connectivity index (χ0) is 19.2. The fraction of sp³-hybridized carbons (Fsp3) is 0.300. The van der Waals surface area contributed by atoms with Gasteiger partial charge < -0.3 is 24.6 Å². The monoisotopic (exact) mass is 369 g/mol. The molecule has 0 spiro atoms. The summed E-state index contributed by atoms with van der Waals surface area (Å²) in [5.41, 5.74) is 2.18. The number of hydrogen-bond donors (Lipinski definition) is 1. The van der Waals surface area contributed by atoms with Crippen LogP contribution >= 0.6 is 0 Å². The molecule has 1 saturated heterocycles. The highest BCUT2D eigenvalue weighted by atomic mass is 16.5. The highest BCUT2D eigenvalue weighted by Gasteiger charge is 2.21. The maximum atomic E-state index is 12.5. The Labute approximate surface area is 158 Å². The SMILES string of the molecule is COC(=O)c1ccc(NC(=O)N2CCN(c3cccc(OC)c3)CC2)cc1. The fourth-order valence-electron chi connectivity index (χ4n) is 2.98. The molecule has 1 N–H and O–H groups in total. The van der Waals surface area contributed by atoms with Crippen LogP contribution in [0, 0.1) is 0 Å². The lowest BCUT2D eigenvalue weighted by molar-refractivity contribution is 0.0600. The Bertz CT molecular complexity index is 799. The van der Waals surface area contributed by atoms with Crippen LogP contribution < -0.4 is 15.0 Å². The molecule has 7 heteroatoms. The summed E-state index contributed by atoms with van der Waals surface area (Å²) in [6.45, 7) is 2.76. The van der Waals surface area contributed by atoms with Gasteiger partial charge in [-0.3, -0.25) is 0 Å². The van der Waals surface area contributed by atoms with Gasteiger partial charge in [-0.05, 0) is 36.4 Å². The van der Waals surface area contributed by atoms with E-state index in [-0.39, 0.29) is 6.03 Å². The number of ether oxygens (including phenoxy) is 2. The van der Waals surface area contributed by atoms with E-state index < -0.39 is 5.97 Å². The van der Waals surface area contributed by atoms with Crippen molar-refractivity contribution in [3.63, 3.8) is 0 Å². The van der Waals surface area contributed by atoms with Crippen LogP contribution in [0.5, 0.6) is 5.75 Å². The second-order valence-corrected chi connectivity index (χ2v) is 6.17. The molecule has 7 nitrogen and oxygen atoms in total. The van der Waals surface area contributed by atoms with Crippen molar-refractivity contribution in [2.45, 2.75) is 0 Å². The second-order valence-electron chi connectivity index (χ2n) is 6.17. The fourth-order valence-corrected chi connectivity index (χ4v) is 2.98. The average Bonchev–Trinajstić information content (AvgIpc) is 2.74. The number of nitrogens with one attached hydrogen (secondary N) is 1. The van der Waals surface area contributed by atoms with Crippen LogP contribution in [-0.4, -0.2) is 57.3 Å². The molecule has 0 atom stereocenters. The van der Waals surface area contributed by atoms with Gasteiger partial charge in [0, 0.05) is 43.6 Å². The molecule has 27 heavy (non-hydrogen) atoms. The molecule has 2 aromatic rings. The number of carbonyl (C=O) groups excluding carboxylic acids is 2. The number of esters is 1. The summed E-state index contributed by atoms with van der Waals surface area (Å²) in [5.74, 6) is 0.421. The van der Waals surface area contributed by atoms with Gasteiger partial charge in [-0.1, -0.05) is 6.07 Å². The van der Waals surface area contributed by atoms with E-state index in [1.165, 1.54) is 7.11 Å².